The summed E-state index contributed by atoms with van der Waals surface area (Å²) in [6.07, 6.45) is 0. The smallest absolute Gasteiger partial charge is 0.120 e. The van der Waals surface area contributed by atoms with Gasteiger partial charge in [-0.25, -0.2) is 0 Å². The van der Waals surface area contributed by atoms with E-state index in [9.17, 15) is 0 Å². The van der Waals surface area contributed by atoms with Crippen molar-refractivity contribution in [3.63, 3.8) is 0 Å². The maximum absolute atomic E-state index is 5.79. The lowest BCUT2D eigenvalue weighted by Crippen LogP contribution is -2.11. The minimum Gasteiger partial charge on any atom is -0.491 e. The van der Waals surface area contributed by atoms with Crippen molar-refractivity contribution < 1.29 is 28.4 Å². The lowest BCUT2D eigenvalue weighted by molar-refractivity contribution is 0.0405. The average molecular weight is 465 g/mol. The van der Waals surface area contributed by atoms with Crippen LogP contribution in [0.15, 0.2) is 36.4 Å². The summed E-state index contributed by atoms with van der Waals surface area (Å²) in [7, 11) is 0. The minimum atomic E-state index is 0.465. The second-order valence-electron chi connectivity index (χ2n) is 7.23. The molecular formula is C28H32O6. The van der Waals surface area contributed by atoms with Crippen molar-refractivity contribution in [3.8, 4) is 35.2 Å². The first-order chi connectivity index (χ1) is 16.8. The number of fused-ring (bicyclic) bond motifs is 2. The molecule has 0 saturated carbocycles. The maximum Gasteiger partial charge on any atom is 0.120 e. The molecule has 0 atom stereocenters. The van der Waals surface area contributed by atoms with E-state index in [0.717, 1.165) is 33.8 Å². The Morgan fingerprint density at radius 3 is 1.29 bits per heavy atom. The van der Waals surface area contributed by atoms with Crippen LogP contribution in [0.4, 0.5) is 0 Å². The van der Waals surface area contributed by atoms with E-state index < -0.39 is 0 Å². The van der Waals surface area contributed by atoms with Crippen molar-refractivity contribution in [1.29, 1.82) is 0 Å². The Labute approximate surface area is 202 Å². The van der Waals surface area contributed by atoms with E-state index >= 15 is 0 Å². The lowest BCUT2D eigenvalue weighted by Gasteiger charge is -2.10. The SMILES string of the molecule is CCOCCOCCOc1ccc2c(c1)C#Cc1ccc(OCCOCCOCC)cc1C#C2. The van der Waals surface area contributed by atoms with E-state index in [0.29, 0.717) is 66.1 Å². The third kappa shape index (κ3) is 8.74. The molecule has 180 valence electrons. The molecule has 6 heteroatoms. The summed E-state index contributed by atoms with van der Waals surface area (Å²) in [6.45, 7) is 9.60. The molecule has 3 rings (SSSR count). The second-order valence-corrected chi connectivity index (χ2v) is 7.23. The Morgan fingerprint density at radius 2 is 0.853 bits per heavy atom. The molecule has 0 amide bonds. The number of benzene rings is 2. The van der Waals surface area contributed by atoms with Crippen molar-refractivity contribution in [1.82, 2.24) is 0 Å². The summed E-state index contributed by atoms with van der Waals surface area (Å²) < 4.78 is 33.0. The third-order valence-corrected chi connectivity index (χ3v) is 4.79. The van der Waals surface area contributed by atoms with Gasteiger partial charge in [-0.2, -0.15) is 0 Å². The van der Waals surface area contributed by atoms with Crippen LogP contribution in [0.3, 0.4) is 0 Å². The Morgan fingerprint density at radius 1 is 0.471 bits per heavy atom. The topological polar surface area (TPSA) is 55.4 Å². The Hall–Kier alpha value is -3.00. The van der Waals surface area contributed by atoms with Crippen molar-refractivity contribution in [2.75, 3.05) is 66.1 Å². The number of rotatable bonds is 16. The van der Waals surface area contributed by atoms with Gasteiger partial charge in [0.25, 0.3) is 0 Å². The molecule has 2 aromatic rings. The van der Waals surface area contributed by atoms with Gasteiger partial charge in [0, 0.05) is 35.5 Å². The van der Waals surface area contributed by atoms with Gasteiger partial charge in [0.05, 0.1) is 39.6 Å². The van der Waals surface area contributed by atoms with Crippen LogP contribution in [-0.2, 0) is 18.9 Å². The molecule has 0 aliphatic heterocycles. The van der Waals surface area contributed by atoms with Gasteiger partial charge in [-0.1, -0.05) is 23.7 Å². The van der Waals surface area contributed by atoms with Crippen LogP contribution in [0.2, 0.25) is 0 Å². The molecular weight excluding hydrogens is 432 g/mol. The fourth-order valence-corrected chi connectivity index (χ4v) is 3.09. The van der Waals surface area contributed by atoms with Gasteiger partial charge in [-0.3, -0.25) is 0 Å². The molecule has 0 radical (unpaired) electrons. The van der Waals surface area contributed by atoms with Gasteiger partial charge < -0.3 is 28.4 Å². The summed E-state index contributed by atoms with van der Waals surface area (Å²) in [4.78, 5) is 0. The summed E-state index contributed by atoms with van der Waals surface area (Å²) in [5, 5.41) is 0. The lowest BCUT2D eigenvalue weighted by atomic mass is 10.0. The number of hydrogen-bond donors (Lipinski definition) is 0. The van der Waals surface area contributed by atoms with Crippen LogP contribution in [0.25, 0.3) is 0 Å². The fraction of sp³-hybridized carbons (Fsp3) is 0.429. The summed E-state index contributed by atoms with van der Waals surface area (Å²) in [5.74, 6) is 14.4. The predicted octanol–water partition coefficient (Wildman–Crippen LogP) is 3.66. The quantitative estimate of drug-likeness (QED) is 0.238. The van der Waals surface area contributed by atoms with Gasteiger partial charge >= 0.3 is 0 Å². The molecule has 6 nitrogen and oxygen atoms in total. The van der Waals surface area contributed by atoms with Gasteiger partial charge in [-0.15, -0.1) is 0 Å². The monoisotopic (exact) mass is 464 g/mol. The van der Waals surface area contributed by atoms with Gasteiger partial charge in [-0.05, 0) is 50.2 Å². The molecule has 1 aliphatic rings. The first kappa shape index (κ1) is 25.6. The highest BCUT2D eigenvalue weighted by Gasteiger charge is 2.07. The zero-order valence-corrected chi connectivity index (χ0v) is 20.0. The standard InChI is InChI=1S/C28H32O6/c1-3-29-13-15-31-17-19-33-27-11-9-23-6-8-26-22-28(34-20-18-32-16-14-30-4-2)12-10-24(26)5-7-25(23)21-27/h9-12,21-22H,3-4,13-20H2,1-2H3. The first-order valence-corrected chi connectivity index (χ1v) is 11.7. The number of hydrogen-bond acceptors (Lipinski definition) is 6. The average Bonchev–Trinajstić information content (AvgIpc) is 2.85. The molecule has 1 aliphatic carbocycles. The normalized spacial score (nSPS) is 11.1. The van der Waals surface area contributed by atoms with E-state index in [1.807, 2.05) is 50.2 Å². The molecule has 0 N–H and O–H groups in total. The zero-order chi connectivity index (χ0) is 23.8. The largest absolute Gasteiger partial charge is 0.491 e. The van der Waals surface area contributed by atoms with E-state index in [2.05, 4.69) is 23.7 Å². The van der Waals surface area contributed by atoms with Crippen molar-refractivity contribution >= 4 is 0 Å². The van der Waals surface area contributed by atoms with Crippen LogP contribution in [0, 0.1) is 23.7 Å². The molecule has 34 heavy (non-hydrogen) atoms. The van der Waals surface area contributed by atoms with Crippen LogP contribution in [-0.4, -0.2) is 66.1 Å². The maximum atomic E-state index is 5.79. The highest BCUT2D eigenvalue weighted by Crippen LogP contribution is 2.21. The van der Waals surface area contributed by atoms with Crippen molar-refractivity contribution in [2.24, 2.45) is 0 Å². The van der Waals surface area contributed by atoms with Gasteiger partial charge in [0.2, 0.25) is 0 Å². The molecule has 0 spiro atoms. The first-order valence-electron chi connectivity index (χ1n) is 11.7. The van der Waals surface area contributed by atoms with Crippen LogP contribution >= 0.6 is 0 Å². The van der Waals surface area contributed by atoms with Crippen LogP contribution in [0.5, 0.6) is 11.5 Å². The Kier molecular flexibility index (Phi) is 11.3. The Bertz CT molecular complexity index is 941. The summed E-state index contributed by atoms with van der Waals surface area (Å²) in [5.41, 5.74) is 3.43. The summed E-state index contributed by atoms with van der Waals surface area (Å²) >= 11 is 0. The van der Waals surface area contributed by atoms with E-state index in [1.54, 1.807) is 0 Å². The van der Waals surface area contributed by atoms with E-state index in [1.165, 1.54) is 0 Å². The highest BCUT2D eigenvalue weighted by atomic mass is 16.5. The van der Waals surface area contributed by atoms with Crippen molar-refractivity contribution in [3.05, 3.63) is 58.7 Å². The van der Waals surface area contributed by atoms with Gasteiger partial charge in [0.1, 0.15) is 24.7 Å². The fourth-order valence-electron chi connectivity index (χ4n) is 3.09. The molecule has 2 aromatic carbocycles. The molecule has 0 bridgehead atoms. The highest BCUT2D eigenvalue weighted by molar-refractivity contribution is 5.62. The van der Waals surface area contributed by atoms with E-state index in [4.69, 9.17) is 28.4 Å². The summed E-state index contributed by atoms with van der Waals surface area (Å²) in [6, 6.07) is 11.5. The zero-order valence-electron chi connectivity index (χ0n) is 20.0. The molecule has 0 fully saturated rings. The van der Waals surface area contributed by atoms with E-state index in [-0.39, 0.29) is 0 Å². The molecule has 0 heterocycles. The minimum absolute atomic E-state index is 0.465. The predicted molar refractivity (Wildman–Crippen MR) is 130 cm³/mol. The van der Waals surface area contributed by atoms with Gasteiger partial charge in [0.15, 0.2) is 0 Å². The number of ether oxygens (including phenoxy) is 6. The molecule has 0 unspecified atom stereocenters. The van der Waals surface area contributed by atoms with Crippen LogP contribution in [0.1, 0.15) is 36.1 Å². The molecule has 0 aromatic heterocycles. The van der Waals surface area contributed by atoms with Crippen molar-refractivity contribution in [2.45, 2.75) is 13.8 Å². The molecule has 0 saturated heterocycles. The Balaban J connectivity index is 1.52. The third-order valence-electron chi connectivity index (χ3n) is 4.79. The van der Waals surface area contributed by atoms with Crippen LogP contribution < -0.4 is 9.47 Å². The second kappa shape index (κ2) is 15.0.